The zero-order valence-corrected chi connectivity index (χ0v) is 9.26. The van der Waals surface area contributed by atoms with Gasteiger partial charge in [0.05, 0.1) is 19.0 Å². The molecule has 1 aromatic heterocycles. The minimum atomic E-state index is 0.762. The molecule has 0 saturated carbocycles. The molecule has 0 aromatic carbocycles. The molecule has 0 amide bonds. The first-order chi connectivity index (χ1) is 7.83. The Morgan fingerprint density at radius 2 is 2.12 bits per heavy atom. The first-order valence-electron chi connectivity index (χ1n) is 5.28. The van der Waals surface area contributed by atoms with E-state index in [2.05, 4.69) is 15.0 Å². The molecule has 5 heteroatoms. The maximum atomic E-state index is 8.65. The van der Waals surface area contributed by atoms with Gasteiger partial charge >= 0.3 is 0 Å². The first-order valence-corrected chi connectivity index (χ1v) is 5.28. The quantitative estimate of drug-likeness (QED) is 0.607. The molecule has 0 radical (unpaired) electrons. The Morgan fingerprint density at radius 1 is 1.38 bits per heavy atom. The van der Waals surface area contributed by atoms with Crippen LogP contribution in [0.25, 0.3) is 0 Å². The van der Waals surface area contributed by atoms with Crippen molar-refractivity contribution in [2.45, 2.75) is 12.8 Å². The van der Waals surface area contributed by atoms with Crippen LogP contribution >= 0.6 is 0 Å². The van der Waals surface area contributed by atoms with Gasteiger partial charge in [0, 0.05) is 25.9 Å². The van der Waals surface area contributed by atoms with Crippen molar-refractivity contribution in [3.8, 4) is 5.75 Å². The summed E-state index contributed by atoms with van der Waals surface area (Å²) in [5, 5.41) is 11.9. The maximum absolute atomic E-state index is 8.65. The van der Waals surface area contributed by atoms with Gasteiger partial charge in [0.15, 0.2) is 0 Å². The lowest BCUT2D eigenvalue weighted by atomic mass is 10.1. The molecule has 1 aliphatic rings. The van der Waals surface area contributed by atoms with Crippen LogP contribution in [0.1, 0.15) is 12.8 Å². The maximum Gasteiger partial charge on any atom is 0.137 e. The van der Waals surface area contributed by atoms with Gasteiger partial charge in [0.2, 0.25) is 0 Å². The van der Waals surface area contributed by atoms with E-state index in [1.54, 1.807) is 13.3 Å². The number of aromatic nitrogens is 1. The van der Waals surface area contributed by atoms with Crippen LogP contribution in [-0.4, -0.2) is 36.1 Å². The normalized spacial score (nSPS) is 16.1. The number of hydrogen-bond donors (Lipinski definition) is 1. The standard InChI is InChI=1S/C11H15N3O2/c1-16-10-2-3-11(12-8-10)14-6-4-9(13-15)5-7-14/h2-3,8,15H,4-7H2,1H3. The average Bonchev–Trinajstić information content (AvgIpc) is 2.39. The number of ether oxygens (including phenoxy) is 1. The van der Waals surface area contributed by atoms with Crippen molar-refractivity contribution in [1.29, 1.82) is 0 Å². The smallest absolute Gasteiger partial charge is 0.137 e. The van der Waals surface area contributed by atoms with Crippen LogP contribution in [-0.2, 0) is 0 Å². The van der Waals surface area contributed by atoms with Crippen LogP contribution < -0.4 is 9.64 Å². The minimum Gasteiger partial charge on any atom is -0.495 e. The summed E-state index contributed by atoms with van der Waals surface area (Å²) in [6.45, 7) is 1.69. The molecule has 1 N–H and O–H groups in total. The van der Waals surface area contributed by atoms with E-state index in [9.17, 15) is 0 Å². The highest BCUT2D eigenvalue weighted by Gasteiger charge is 2.16. The summed E-state index contributed by atoms with van der Waals surface area (Å²) in [5.74, 6) is 1.70. The van der Waals surface area contributed by atoms with Crippen LogP contribution in [0, 0.1) is 0 Å². The molecular weight excluding hydrogens is 206 g/mol. The Labute approximate surface area is 94.4 Å². The van der Waals surface area contributed by atoms with E-state index in [1.165, 1.54) is 0 Å². The minimum absolute atomic E-state index is 0.762. The highest BCUT2D eigenvalue weighted by atomic mass is 16.5. The molecule has 1 fully saturated rings. The van der Waals surface area contributed by atoms with E-state index in [0.29, 0.717) is 0 Å². The van der Waals surface area contributed by atoms with Gasteiger partial charge in [-0.15, -0.1) is 0 Å². The Morgan fingerprint density at radius 3 is 2.62 bits per heavy atom. The van der Waals surface area contributed by atoms with Crippen molar-refractivity contribution < 1.29 is 9.94 Å². The second-order valence-corrected chi connectivity index (χ2v) is 3.71. The third-order valence-electron chi connectivity index (χ3n) is 2.76. The van der Waals surface area contributed by atoms with Gasteiger partial charge in [0.1, 0.15) is 11.6 Å². The van der Waals surface area contributed by atoms with Crippen LogP contribution in [0.5, 0.6) is 5.75 Å². The number of nitrogens with zero attached hydrogens (tertiary/aromatic N) is 3. The molecule has 0 aliphatic carbocycles. The van der Waals surface area contributed by atoms with E-state index in [0.717, 1.165) is 43.2 Å². The molecule has 0 bridgehead atoms. The molecule has 1 aliphatic heterocycles. The van der Waals surface area contributed by atoms with Crippen molar-refractivity contribution in [3.05, 3.63) is 18.3 Å². The highest BCUT2D eigenvalue weighted by molar-refractivity contribution is 5.85. The van der Waals surface area contributed by atoms with Gasteiger partial charge in [-0.25, -0.2) is 4.98 Å². The lowest BCUT2D eigenvalue weighted by Crippen LogP contribution is -2.34. The summed E-state index contributed by atoms with van der Waals surface area (Å²) in [6, 6.07) is 3.85. The molecule has 5 nitrogen and oxygen atoms in total. The largest absolute Gasteiger partial charge is 0.495 e. The zero-order chi connectivity index (χ0) is 11.4. The lowest BCUT2D eigenvalue weighted by molar-refractivity contribution is 0.315. The van der Waals surface area contributed by atoms with E-state index in [4.69, 9.17) is 9.94 Å². The predicted molar refractivity (Wildman–Crippen MR) is 61.5 cm³/mol. The number of pyridine rings is 1. The molecule has 1 saturated heterocycles. The van der Waals surface area contributed by atoms with Crippen LogP contribution in [0.4, 0.5) is 5.82 Å². The molecular formula is C11H15N3O2. The second kappa shape index (κ2) is 4.83. The van der Waals surface area contributed by atoms with Gasteiger partial charge < -0.3 is 14.8 Å². The summed E-state index contributed by atoms with van der Waals surface area (Å²) in [7, 11) is 1.63. The predicted octanol–water partition coefficient (Wildman–Crippen LogP) is 1.52. The molecule has 0 spiro atoms. The molecule has 0 unspecified atom stereocenters. The Hall–Kier alpha value is -1.78. The average molecular weight is 221 g/mol. The summed E-state index contributed by atoms with van der Waals surface area (Å²) < 4.78 is 5.06. The van der Waals surface area contributed by atoms with E-state index >= 15 is 0 Å². The number of hydrogen-bond acceptors (Lipinski definition) is 5. The third kappa shape index (κ3) is 2.24. The van der Waals surface area contributed by atoms with Crippen LogP contribution in [0.15, 0.2) is 23.5 Å². The third-order valence-corrected chi connectivity index (χ3v) is 2.76. The number of methoxy groups -OCH3 is 1. The molecule has 0 atom stereocenters. The van der Waals surface area contributed by atoms with Gasteiger partial charge in [0.25, 0.3) is 0 Å². The molecule has 1 aromatic rings. The fraction of sp³-hybridized carbons (Fsp3) is 0.455. The molecule has 16 heavy (non-hydrogen) atoms. The molecule has 2 rings (SSSR count). The Kier molecular flexibility index (Phi) is 3.24. The van der Waals surface area contributed by atoms with Crippen LogP contribution in [0.3, 0.4) is 0 Å². The van der Waals surface area contributed by atoms with Crippen molar-refractivity contribution in [2.75, 3.05) is 25.1 Å². The monoisotopic (exact) mass is 221 g/mol. The van der Waals surface area contributed by atoms with Gasteiger partial charge in [-0.2, -0.15) is 0 Å². The second-order valence-electron chi connectivity index (χ2n) is 3.71. The number of piperidine rings is 1. The fourth-order valence-electron chi connectivity index (χ4n) is 1.77. The highest BCUT2D eigenvalue weighted by Crippen LogP contribution is 2.18. The number of rotatable bonds is 2. The van der Waals surface area contributed by atoms with Crippen molar-refractivity contribution >= 4 is 11.5 Å². The Balaban J connectivity index is 2.02. The molecule has 2 heterocycles. The molecule has 86 valence electrons. The summed E-state index contributed by atoms with van der Waals surface area (Å²) in [4.78, 5) is 6.50. The number of anilines is 1. The van der Waals surface area contributed by atoms with E-state index < -0.39 is 0 Å². The van der Waals surface area contributed by atoms with Crippen molar-refractivity contribution in [2.24, 2.45) is 5.16 Å². The fourth-order valence-corrected chi connectivity index (χ4v) is 1.77. The van der Waals surface area contributed by atoms with E-state index in [1.807, 2.05) is 12.1 Å². The SMILES string of the molecule is COc1ccc(N2CCC(=NO)CC2)nc1. The van der Waals surface area contributed by atoms with Crippen LogP contribution in [0.2, 0.25) is 0 Å². The Bertz CT molecular complexity index is 365. The lowest BCUT2D eigenvalue weighted by Gasteiger charge is -2.28. The van der Waals surface area contributed by atoms with Crippen molar-refractivity contribution in [3.63, 3.8) is 0 Å². The van der Waals surface area contributed by atoms with Gasteiger partial charge in [-0.05, 0) is 12.1 Å². The topological polar surface area (TPSA) is 58.0 Å². The summed E-state index contributed by atoms with van der Waals surface area (Å²) in [6.07, 6.45) is 3.30. The zero-order valence-electron chi connectivity index (χ0n) is 9.26. The van der Waals surface area contributed by atoms with Gasteiger partial charge in [-0.3, -0.25) is 0 Å². The van der Waals surface area contributed by atoms with Gasteiger partial charge in [-0.1, -0.05) is 5.16 Å². The number of oxime groups is 1. The summed E-state index contributed by atoms with van der Waals surface area (Å²) in [5.41, 5.74) is 0.866. The van der Waals surface area contributed by atoms with E-state index in [-0.39, 0.29) is 0 Å². The first kappa shape index (κ1) is 10.7. The summed E-state index contributed by atoms with van der Waals surface area (Å²) >= 11 is 0. The van der Waals surface area contributed by atoms with Crippen molar-refractivity contribution in [1.82, 2.24) is 4.98 Å².